The van der Waals surface area contributed by atoms with Gasteiger partial charge >= 0.3 is 6.18 Å². The molecular weight excluding hydrogens is 464 g/mol. The van der Waals surface area contributed by atoms with Gasteiger partial charge in [-0.3, -0.25) is 4.79 Å². The number of carbonyl (C=O) groups excluding carboxylic acids is 1. The molecule has 5 nitrogen and oxygen atoms in total. The van der Waals surface area contributed by atoms with Gasteiger partial charge in [0.15, 0.2) is 11.5 Å². The molecule has 1 amide bonds. The molecule has 0 heterocycles. The summed E-state index contributed by atoms with van der Waals surface area (Å²) < 4.78 is 49.3. The summed E-state index contributed by atoms with van der Waals surface area (Å²) in [5.74, 6) is 0.311. The molecule has 0 radical (unpaired) electrons. The van der Waals surface area contributed by atoms with E-state index >= 15 is 0 Å². The van der Waals surface area contributed by atoms with Crippen LogP contribution in [0.3, 0.4) is 0 Å². The van der Waals surface area contributed by atoms with Crippen LogP contribution in [0.2, 0.25) is 0 Å². The average Bonchev–Trinajstić information content (AvgIpc) is 2.60. The summed E-state index contributed by atoms with van der Waals surface area (Å²) in [5.41, 5.74) is 1.78. The molecule has 0 saturated heterocycles. The molecule has 2 aromatic carbocycles. The van der Waals surface area contributed by atoms with Gasteiger partial charge in [0.25, 0.3) is 5.91 Å². The van der Waals surface area contributed by atoms with Crippen molar-refractivity contribution >= 4 is 34.7 Å². The molecule has 0 bridgehead atoms. The van der Waals surface area contributed by atoms with Crippen LogP contribution in [0.25, 0.3) is 0 Å². The fraction of sp³-hybridized carbons (Fsp3) is 0.176. The van der Waals surface area contributed by atoms with Crippen LogP contribution in [-0.2, 0) is 6.18 Å². The Labute approximate surface area is 161 Å². The van der Waals surface area contributed by atoms with Gasteiger partial charge in [0.1, 0.15) is 0 Å². The Morgan fingerprint density at radius 1 is 1.19 bits per heavy atom. The van der Waals surface area contributed by atoms with Crippen LogP contribution < -0.4 is 14.9 Å². The average molecular weight is 478 g/mol. The number of alkyl halides is 3. The van der Waals surface area contributed by atoms with E-state index in [1.54, 1.807) is 12.1 Å². The number of halogens is 4. The van der Waals surface area contributed by atoms with Crippen molar-refractivity contribution in [1.82, 2.24) is 5.43 Å². The summed E-state index contributed by atoms with van der Waals surface area (Å²) in [6.07, 6.45) is -3.16. The number of methoxy groups -OCH3 is 2. The standard InChI is InChI=1S/C17H14F3IN2O3/c1-25-14-7-10(6-13(21)15(14)26-2)9-22-23-16(24)11-4-3-5-12(8-11)17(18,19)20/h3-9H,1-2H3,(H,23,24)/b22-9-. The Kier molecular flexibility index (Phi) is 6.46. The number of nitrogens with one attached hydrogen (secondary N) is 1. The number of nitrogens with zero attached hydrogens (tertiary/aromatic N) is 1. The second-order valence-corrected chi connectivity index (χ2v) is 6.18. The largest absolute Gasteiger partial charge is 0.493 e. The molecule has 9 heteroatoms. The minimum atomic E-state index is -4.52. The minimum absolute atomic E-state index is 0.140. The number of carbonyl (C=O) groups is 1. The molecule has 0 atom stereocenters. The van der Waals surface area contributed by atoms with Gasteiger partial charge in [-0.25, -0.2) is 5.43 Å². The predicted octanol–water partition coefficient (Wildman–Crippen LogP) is 4.09. The maximum Gasteiger partial charge on any atom is 0.416 e. The molecule has 2 aromatic rings. The maximum absolute atomic E-state index is 12.7. The fourth-order valence-electron chi connectivity index (χ4n) is 2.08. The zero-order valence-corrected chi connectivity index (χ0v) is 15.9. The Morgan fingerprint density at radius 3 is 2.54 bits per heavy atom. The van der Waals surface area contributed by atoms with Gasteiger partial charge < -0.3 is 9.47 Å². The highest BCUT2D eigenvalue weighted by Gasteiger charge is 2.30. The third-order valence-corrected chi connectivity index (χ3v) is 4.09. The lowest BCUT2D eigenvalue weighted by atomic mass is 10.1. The van der Waals surface area contributed by atoms with Gasteiger partial charge in [0, 0.05) is 5.56 Å². The van der Waals surface area contributed by atoms with E-state index in [0.717, 1.165) is 21.8 Å². The summed E-state index contributed by atoms with van der Waals surface area (Å²) in [4.78, 5) is 12.0. The molecule has 138 valence electrons. The van der Waals surface area contributed by atoms with Crippen molar-refractivity contribution in [3.63, 3.8) is 0 Å². The first-order valence-corrected chi connectivity index (χ1v) is 8.26. The van der Waals surface area contributed by atoms with Crippen LogP contribution in [-0.4, -0.2) is 26.3 Å². The Hall–Kier alpha value is -2.30. The highest BCUT2D eigenvalue weighted by Crippen LogP contribution is 2.33. The van der Waals surface area contributed by atoms with Gasteiger partial charge in [-0.2, -0.15) is 18.3 Å². The van der Waals surface area contributed by atoms with Crippen LogP contribution in [0.15, 0.2) is 41.5 Å². The van der Waals surface area contributed by atoms with Crippen LogP contribution in [0.5, 0.6) is 11.5 Å². The first-order valence-electron chi connectivity index (χ1n) is 7.18. The molecule has 26 heavy (non-hydrogen) atoms. The molecule has 0 aliphatic carbocycles. The van der Waals surface area contributed by atoms with Crippen molar-refractivity contribution in [2.45, 2.75) is 6.18 Å². The summed E-state index contributed by atoms with van der Waals surface area (Å²) in [5, 5.41) is 3.78. The van der Waals surface area contributed by atoms with E-state index in [4.69, 9.17) is 9.47 Å². The Balaban J connectivity index is 2.14. The van der Waals surface area contributed by atoms with Gasteiger partial charge in [-0.1, -0.05) is 6.07 Å². The van der Waals surface area contributed by atoms with E-state index in [9.17, 15) is 18.0 Å². The Bertz CT molecular complexity index is 838. The first kappa shape index (κ1) is 20.0. The molecule has 0 saturated carbocycles. The van der Waals surface area contributed by atoms with Gasteiger partial charge in [0.2, 0.25) is 0 Å². The Morgan fingerprint density at radius 2 is 1.92 bits per heavy atom. The van der Waals surface area contributed by atoms with Crippen molar-refractivity contribution < 1.29 is 27.4 Å². The number of amides is 1. The number of rotatable bonds is 5. The molecule has 0 aromatic heterocycles. The lowest BCUT2D eigenvalue weighted by Crippen LogP contribution is -2.18. The van der Waals surface area contributed by atoms with Gasteiger partial charge in [-0.05, 0) is 58.5 Å². The predicted molar refractivity (Wildman–Crippen MR) is 98.8 cm³/mol. The third kappa shape index (κ3) is 4.87. The van der Waals surface area contributed by atoms with Crippen molar-refractivity contribution in [2.24, 2.45) is 5.10 Å². The molecular formula is C17H14F3IN2O3. The number of hydrogen-bond donors (Lipinski definition) is 1. The zero-order valence-electron chi connectivity index (χ0n) is 13.7. The van der Waals surface area contributed by atoms with Crippen LogP contribution >= 0.6 is 22.6 Å². The topological polar surface area (TPSA) is 59.9 Å². The lowest BCUT2D eigenvalue weighted by Gasteiger charge is -2.10. The summed E-state index contributed by atoms with van der Waals surface area (Å²) >= 11 is 2.06. The van der Waals surface area contributed by atoms with Crippen LogP contribution in [0, 0.1) is 3.57 Å². The van der Waals surface area contributed by atoms with E-state index in [1.165, 1.54) is 26.5 Å². The molecule has 0 aliphatic rings. The van der Waals surface area contributed by atoms with Crippen LogP contribution in [0.1, 0.15) is 21.5 Å². The van der Waals surface area contributed by atoms with Gasteiger partial charge in [-0.15, -0.1) is 0 Å². The molecule has 0 aliphatic heterocycles. The summed E-state index contributed by atoms with van der Waals surface area (Å²) in [7, 11) is 3.01. The second-order valence-electron chi connectivity index (χ2n) is 5.02. The highest BCUT2D eigenvalue weighted by atomic mass is 127. The molecule has 1 N–H and O–H groups in total. The van der Waals surface area contributed by atoms with E-state index in [0.29, 0.717) is 17.1 Å². The fourth-order valence-corrected chi connectivity index (χ4v) is 2.92. The molecule has 0 spiro atoms. The van der Waals surface area contributed by atoms with E-state index in [1.807, 2.05) is 0 Å². The smallest absolute Gasteiger partial charge is 0.416 e. The number of ether oxygens (including phenoxy) is 2. The number of hydrogen-bond acceptors (Lipinski definition) is 4. The molecule has 0 unspecified atom stereocenters. The lowest BCUT2D eigenvalue weighted by molar-refractivity contribution is -0.137. The molecule has 2 rings (SSSR count). The highest BCUT2D eigenvalue weighted by molar-refractivity contribution is 14.1. The number of hydrazone groups is 1. The quantitative estimate of drug-likeness (QED) is 0.400. The summed E-state index contributed by atoms with van der Waals surface area (Å²) in [6, 6.07) is 7.51. The van der Waals surface area contributed by atoms with E-state index in [-0.39, 0.29) is 5.56 Å². The van der Waals surface area contributed by atoms with Gasteiger partial charge in [0.05, 0.1) is 29.6 Å². The van der Waals surface area contributed by atoms with Crippen molar-refractivity contribution in [3.8, 4) is 11.5 Å². The zero-order chi connectivity index (χ0) is 19.3. The van der Waals surface area contributed by atoms with Crippen molar-refractivity contribution in [3.05, 3.63) is 56.7 Å². The SMILES string of the molecule is COc1cc(/C=N\NC(=O)c2cccc(C(F)(F)F)c2)cc(I)c1OC. The van der Waals surface area contributed by atoms with Crippen molar-refractivity contribution in [1.29, 1.82) is 0 Å². The van der Waals surface area contributed by atoms with E-state index in [2.05, 4.69) is 33.1 Å². The maximum atomic E-state index is 12.7. The van der Waals surface area contributed by atoms with Crippen molar-refractivity contribution in [2.75, 3.05) is 14.2 Å². The monoisotopic (exact) mass is 478 g/mol. The number of benzene rings is 2. The summed E-state index contributed by atoms with van der Waals surface area (Å²) in [6.45, 7) is 0. The first-order chi connectivity index (χ1) is 12.3. The van der Waals surface area contributed by atoms with E-state index < -0.39 is 17.6 Å². The second kappa shape index (κ2) is 8.39. The van der Waals surface area contributed by atoms with Crippen LogP contribution in [0.4, 0.5) is 13.2 Å². The molecule has 0 fully saturated rings. The third-order valence-electron chi connectivity index (χ3n) is 3.29. The normalized spacial score (nSPS) is 11.5. The minimum Gasteiger partial charge on any atom is -0.493 e.